The van der Waals surface area contributed by atoms with Gasteiger partial charge in [-0.15, -0.1) is 0 Å². The van der Waals surface area contributed by atoms with Crippen molar-refractivity contribution in [3.63, 3.8) is 0 Å². The number of H-pyrrole nitrogens is 1. The number of anilines is 1. The zero-order valence-electron chi connectivity index (χ0n) is 11.9. The van der Waals surface area contributed by atoms with Crippen molar-refractivity contribution < 1.29 is 9.53 Å². The van der Waals surface area contributed by atoms with Crippen molar-refractivity contribution >= 4 is 11.6 Å². The average Bonchev–Trinajstić information content (AvgIpc) is 2.93. The molecule has 0 saturated carbocycles. The molecule has 1 aliphatic heterocycles. The third-order valence-corrected chi connectivity index (χ3v) is 3.44. The number of aromatic nitrogens is 2. The standard InChI is InChI=1S/C15H18N4O2/c1-2-21-11-5-3-10(4-6-11)17-15(20)14-12-9-16-8-7-13(12)18-19-14/h3-6,16H,2,7-9H2,1H3,(H,17,20)(H,18,19). The Kier molecular flexibility index (Phi) is 3.87. The van der Waals surface area contributed by atoms with Crippen LogP contribution in [0.1, 0.15) is 28.7 Å². The molecule has 0 spiro atoms. The number of hydrogen-bond acceptors (Lipinski definition) is 4. The van der Waals surface area contributed by atoms with Crippen LogP contribution < -0.4 is 15.4 Å². The zero-order valence-corrected chi connectivity index (χ0v) is 11.9. The van der Waals surface area contributed by atoms with Crippen LogP contribution in [-0.2, 0) is 13.0 Å². The maximum absolute atomic E-state index is 12.3. The second kappa shape index (κ2) is 5.97. The summed E-state index contributed by atoms with van der Waals surface area (Å²) in [7, 11) is 0. The van der Waals surface area contributed by atoms with Crippen LogP contribution in [-0.4, -0.2) is 29.3 Å². The van der Waals surface area contributed by atoms with Gasteiger partial charge in [-0.2, -0.15) is 5.10 Å². The Morgan fingerprint density at radius 3 is 2.95 bits per heavy atom. The minimum absolute atomic E-state index is 0.194. The second-order valence-corrected chi connectivity index (χ2v) is 4.87. The van der Waals surface area contributed by atoms with E-state index in [2.05, 4.69) is 20.8 Å². The lowest BCUT2D eigenvalue weighted by atomic mass is 10.1. The van der Waals surface area contributed by atoms with Crippen molar-refractivity contribution in [2.45, 2.75) is 19.9 Å². The summed E-state index contributed by atoms with van der Waals surface area (Å²) in [6.45, 7) is 4.15. The number of rotatable bonds is 4. The first-order valence-corrected chi connectivity index (χ1v) is 7.09. The molecule has 1 aromatic carbocycles. The quantitative estimate of drug-likeness (QED) is 0.799. The number of benzene rings is 1. The summed E-state index contributed by atoms with van der Waals surface area (Å²) in [5.74, 6) is 0.595. The number of hydrogen-bond donors (Lipinski definition) is 3. The highest BCUT2D eigenvalue weighted by Gasteiger charge is 2.21. The lowest BCUT2D eigenvalue weighted by molar-refractivity contribution is 0.102. The molecule has 0 bridgehead atoms. The van der Waals surface area contributed by atoms with Crippen LogP contribution >= 0.6 is 0 Å². The summed E-state index contributed by atoms with van der Waals surface area (Å²) in [5, 5.41) is 13.2. The SMILES string of the molecule is CCOc1ccc(NC(=O)c2n[nH]c3c2CNCC3)cc1. The summed E-state index contributed by atoms with van der Waals surface area (Å²) < 4.78 is 5.37. The summed E-state index contributed by atoms with van der Waals surface area (Å²) in [5.41, 5.74) is 3.20. The van der Waals surface area contributed by atoms with Crippen LogP contribution in [0.15, 0.2) is 24.3 Å². The largest absolute Gasteiger partial charge is 0.494 e. The Morgan fingerprint density at radius 2 is 2.19 bits per heavy atom. The van der Waals surface area contributed by atoms with E-state index >= 15 is 0 Å². The normalized spacial score (nSPS) is 13.6. The molecule has 0 unspecified atom stereocenters. The van der Waals surface area contributed by atoms with Crippen LogP contribution in [0.5, 0.6) is 5.75 Å². The van der Waals surface area contributed by atoms with Crippen LogP contribution in [0.3, 0.4) is 0 Å². The Bertz CT molecular complexity index is 634. The number of nitrogens with zero attached hydrogens (tertiary/aromatic N) is 1. The summed E-state index contributed by atoms with van der Waals surface area (Å²) in [6.07, 6.45) is 0.874. The Hall–Kier alpha value is -2.34. The van der Waals surface area contributed by atoms with Crippen LogP contribution in [0.4, 0.5) is 5.69 Å². The first kappa shape index (κ1) is 13.6. The molecule has 0 radical (unpaired) electrons. The van der Waals surface area contributed by atoms with Crippen molar-refractivity contribution in [1.29, 1.82) is 0 Å². The molecular weight excluding hydrogens is 268 g/mol. The number of ether oxygens (including phenoxy) is 1. The van der Waals surface area contributed by atoms with E-state index in [0.717, 1.165) is 35.7 Å². The van der Waals surface area contributed by atoms with Crippen molar-refractivity contribution in [1.82, 2.24) is 15.5 Å². The molecular formula is C15H18N4O2. The van der Waals surface area contributed by atoms with Crippen molar-refractivity contribution in [2.75, 3.05) is 18.5 Å². The molecule has 2 heterocycles. The van der Waals surface area contributed by atoms with Gasteiger partial charge in [0.05, 0.1) is 6.61 Å². The van der Waals surface area contributed by atoms with E-state index in [4.69, 9.17) is 4.74 Å². The maximum Gasteiger partial charge on any atom is 0.276 e. The van der Waals surface area contributed by atoms with Gasteiger partial charge >= 0.3 is 0 Å². The van der Waals surface area contributed by atoms with E-state index in [1.807, 2.05) is 31.2 Å². The summed E-state index contributed by atoms with van der Waals surface area (Å²) in [4.78, 5) is 12.3. The molecule has 3 rings (SSSR count). The van der Waals surface area contributed by atoms with Gasteiger partial charge in [-0.1, -0.05) is 0 Å². The van der Waals surface area contributed by atoms with E-state index in [0.29, 0.717) is 18.8 Å². The zero-order chi connectivity index (χ0) is 14.7. The topological polar surface area (TPSA) is 79.0 Å². The predicted octanol–water partition coefficient (Wildman–Crippen LogP) is 1.71. The van der Waals surface area contributed by atoms with Gasteiger partial charge in [0, 0.05) is 36.5 Å². The van der Waals surface area contributed by atoms with Crippen molar-refractivity contribution in [2.24, 2.45) is 0 Å². The van der Waals surface area contributed by atoms with Crippen molar-refractivity contribution in [3.8, 4) is 5.75 Å². The molecule has 0 saturated heterocycles. The van der Waals surface area contributed by atoms with E-state index in [9.17, 15) is 4.79 Å². The lowest BCUT2D eigenvalue weighted by Crippen LogP contribution is -2.25. The molecule has 2 aromatic rings. The van der Waals surface area contributed by atoms with Gasteiger partial charge in [0.15, 0.2) is 5.69 Å². The molecule has 1 amide bonds. The molecule has 0 aliphatic carbocycles. The van der Waals surface area contributed by atoms with E-state index in [1.54, 1.807) is 0 Å². The summed E-state index contributed by atoms with van der Waals surface area (Å²) >= 11 is 0. The molecule has 110 valence electrons. The lowest BCUT2D eigenvalue weighted by Gasteiger charge is -2.13. The van der Waals surface area contributed by atoms with Crippen molar-refractivity contribution in [3.05, 3.63) is 41.2 Å². The first-order valence-electron chi connectivity index (χ1n) is 7.09. The number of carbonyl (C=O) groups is 1. The number of nitrogens with one attached hydrogen (secondary N) is 3. The molecule has 0 atom stereocenters. The highest BCUT2D eigenvalue weighted by molar-refractivity contribution is 6.04. The molecule has 0 fully saturated rings. The van der Waals surface area contributed by atoms with Crippen LogP contribution in [0.25, 0.3) is 0 Å². The first-order chi connectivity index (χ1) is 10.3. The van der Waals surface area contributed by atoms with E-state index in [-0.39, 0.29) is 5.91 Å². The van der Waals surface area contributed by atoms with E-state index < -0.39 is 0 Å². The molecule has 3 N–H and O–H groups in total. The van der Waals surface area contributed by atoms with Gasteiger partial charge in [-0.05, 0) is 31.2 Å². The highest BCUT2D eigenvalue weighted by atomic mass is 16.5. The number of carbonyl (C=O) groups excluding carboxylic acids is 1. The minimum atomic E-state index is -0.194. The van der Waals surface area contributed by atoms with Gasteiger partial charge in [0.25, 0.3) is 5.91 Å². The Morgan fingerprint density at radius 1 is 1.38 bits per heavy atom. The Balaban J connectivity index is 1.72. The molecule has 1 aliphatic rings. The van der Waals surface area contributed by atoms with Gasteiger partial charge in [-0.3, -0.25) is 9.89 Å². The second-order valence-electron chi connectivity index (χ2n) is 4.87. The monoisotopic (exact) mass is 286 g/mol. The minimum Gasteiger partial charge on any atom is -0.494 e. The third kappa shape index (κ3) is 2.90. The summed E-state index contributed by atoms with van der Waals surface area (Å²) in [6, 6.07) is 7.31. The fraction of sp³-hybridized carbons (Fsp3) is 0.333. The fourth-order valence-electron chi connectivity index (χ4n) is 2.40. The van der Waals surface area contributed by atoms with Crippen LogP contribution in [0, 0.1) is 0 Å². The van der Waals surface area contributed by atoms with Gasteiger partial charge < -0.3 is 15.4 Å². The average molecular weight is 286 g/mol. The molecule has 6 nitrogen and oxygen atoms in total. The van der Waals surface area contributed by atoms with Gasteiger partial charge in [0.2, 0.25) is 0 Å². The fourth-order valence-corrected chi connectivity index (χ4v) is 2.40. The molecule has 1 aromatic heterocycles. The Labute approximate surface area is 122 Å². The number of fused-ring (bicyclic) bond motifs is 1. The smallest absolute Gasteiger partial charge is 0.276 e. The molecule has 6 heteroatoms. The van der Waals surface area contributed by atoms with Gasteiger partial charge in [0.1, 0.15) is 5.75 Å². The number of aromatic amines is 1. The maximum atomic E-state index is 12.3. The van der Waals surface area contributed by atoms with Gasteiger partial charge in [-0.25, -0.2) is 0 Å². The number of amides is 1. The van der Waals surface area contributed by atoms with E-state index in [1.165, 1.54) is 0 Å². The highest BCUT2D eigenvalue weighted by Crippen LogP contribution is 2.19. The molecule has 21 heavy (non-hydrogen) atoms. The predicted molar refractivity (Wildman–Crippen MR) is 79.6 cm³/mol. The third-order valence-electron chi connectivity index (χ3n) is 3.44. The van der Waals surface area contributed by atoms with Crippen LogP contribution in [0.2, 0.25) is 0 Å².